The average Bonchev–Trinajstić information content (AvgIpc) is 3.00. The van der Waals surface area contributed by atoms with Gasteiger partial charge < -0.3 is 10.2 Å². The van der Waals surface area contributed by atoms with Crippen LogP contribution in [0.25, 0.3) is 0 Å². The number of allylic oxidation sites excluding steroid dienone is 3. The second kappa shape index (κ2) is 7.83. The van der Waals surface area contributed by atoms with Gasteiger partial charge in [0.2, 0.25) is 0 Å². The van der Waals surface area contributed by atoms with Gasteiger partial charge in [0.05, 0.1) is 12.2 Å². The van der Waals surface area contributed by atoms with E-state index in [2.05, 4.69) is 46.8 Å². The zero-order valence-corrected chi connectivity index (χ0v) is 19.5. The first-order valence-corrected chi connectivity index (χ1v) is 12.5. The van der Waals surface area contributed by atoms with E-state index in [-0.39, 0.29) is 17.4 Å². The Bertz CT molecular complexity index is 676. The molecule has 2 heteroatoms. The Balaban J connectivity index is 1.58. The maximum atomic E-state index is 11.1. The van der Waals surface area contributed by atoms with Crippen LogP contribution in [0, 0.1) is 40.4 Å². The molecule has 4 aliphatic rings. The summed E-state index contributed by atoms with van der Waals surface area (Å²) < 4.78 is 0. The Morgan fingerprint density at radius 1 is 1.07 bits per heavy atom. The first kappa shape index (κ1) is 21.6. The summed E-state index contributed by atoms with van der Waals surface area (Å²) in [6.45, 7) is 12.1. The van der Waals surface area contributed by atoms with E-state index in [0.29, 0.717) is 11.3 Å². The van der Waals surface area contributed by atoms with Gasteiger partial charge >= 0.3 is 0 Å². The van der Waals surface area contributed by atoms with E-state index in [9.17, 15) is 10.2 Å². The molecule has 0 spiro atoms. The summed E-state index contributed by atoms with van der Waals surface area (Å²) in [4.78, 5) is 0. The Morgan fingerprint density at radius 2 is 1.83 bits per heavy atom. The van der Waals surface area contributed by atoms with Gasteiger partial charge in [-0.1, -0.05) is 66.0 Å². The van der Waals surface area contributed by atoms with Crippen LogP contribution in [0.5, 0.6) is 0 Å². The quantitative estimate of drug-likeness (QED) is 0.570. The van der Waals surface area contributed by atoms with Gasteiger partial charge in [0.25, 0.3) is 0 Å². The fourth-order valence-corrected chi connectivity index (χ4v) is 7.92. The second-order valence-corrected chi connectivity index (χ2v) is 11.9. The van der Waals surface area contributed by atoms with Gasteiger partial charge in [0.15, 0.2) is 0 Å². The molecule has 0 aromatic heterocycles. The molecular weight excluding hydrogens is 356 g/mol. The summed E-state index contributed by atoms with van der Waals surface area (Å²) >= 11 is 0. The second-order valence-electron chi connectivity index (χ2n) is 11.9. The molecule has 2 nitrogen and oxygen atoms in total. The number of fused-ring (bicyclic) bond motifs is 5. The highest BCUT2D eigenvalue weighted by Crippen LogP contribution is 2.65. The van der Waals surface area contributed by atoms with Crippen molar-refractivity contribution in [3.05, 3.63) is 23.3 Å². The van der Waals surface area contributed by atoms with Crippen molar-refractivity contribution >= 4 is 0 Å². The molecule has 2 saturated carbocycles. The van der Waals surface area contributed by atoms with Crippen LogP contribution in [0.4, 0.5) is 0 Å². The fraction of sp³-hybridized carbons (Fsp3) is 0.852. The molecule has 0 amide bonds. The maximum Gasteiger partial charge on any atom is 0.0764 e. The van der Waals surface area contributed by atoms with Crippen molar-refractivity contribution in [3.63, 3.8) is 0 Å². The molecule has 4 aliphatic carbocycles. The van der Waals surface area contributed by atoms with E-state index < -0.39 is 6.10 Å². The van der Waals surface area contributed by atoms with E-state index in [4.69, 9.17) is 0 Å². The zero-order chi connectivity index (χ0) is 21.0. The Hall–Kier alpha value is -0.600. The SMILES string of the molecule is CC(C)CCC[C@@H](C)[C@H]1CC[C@H]2C3=C[C@H](O)C4C[C@@H](O)CC[C@]4(C)C3=CC[C@]12C. The summed E-state index contributed by atoms with van der Waals surface area (Å²) in [6.07, 6.45) is 14.7. The van der Waals surface area contributed by atoms with Gasteiger partial charge in [-0.15, -0.1) is 0 Å². The average molecular weight is 401 g/mol. The number of hydrogen-bond acceptors (Lipinski definition) is 2. The molecule has 8 atom stereocenters. The number of hydrogen-bond donors (Lipinski definition) is 2. The lowest BCUT2D eigenvalue weighted by atomic mass is 9.51. The number of rotatable bonds is 5. The topological polar surface area (TPSA) is 40.5 Å². The van der Waals surface area contributed by atoms with Crippen molar-refractivity contribution in [2.24, 2.45) is 40.4 Å². The first-order valence-electron chi connectivity index (χ1n) is 12.5. The minimum Gasteiger partial charge on any atom is -0.393 e. The van der Waals surface area contributed by atoms with Gasteiger partial charge in [-0.05, 0) is 84.2 Å². The van der Waals surface area contributed by atoms with Crippen LogP contribution in [0.2, 0.25) is 0 Å². The van der Waals surface area contributed by atoms with E-state index in [1.807, 2.05) is 0 Å². The van der Waals surface area contributed by atoms with Gasteiger partial charge in [0.1, 0.15) is 0 Å². The fourth-order valence-electron chi connectivity index (χ4n) is 7.92. The monoisotopic (exact) mass is 400 g/mol. The van der Waals surface area contributed by atoms with Crippen LogP contribution >= 0.6 is 0 Å². The zero-order valence-electron chi connectivity index (χ0n) is 19.5. The van der Waals surface area contributed by atoms with Crippen molar-refractivity contribution < 1.29 is 10.2 Å². The van der Waals surface area contributed by atoms with Gasteiger partial charge in [-0.2, -0.15) is 0 Å². The maximum absolute atomic E-state index is 11.1. The van der Waals surface area contributed by atoms with Crippen LogP contribution in [-0.2, 0) is 0 Å². The third-order valence-corrected chi connectivity index (χ3v) is 9.69. The van der Waals surface area contributed by atoms with Gasteiger partial charge in [0, 0.05) is 5.92 Å². The predicted octanol–water partition coefficient (Wildman–Crippen LogP) is 6.28. The third-order valence-electron chi connectivity index (χ3n) is 9.69. The Labute approximate surface area is 178 Å². The third kappa shape index (κ3) is 3.57. The standard InChI is InChI=1S/C27H44O2/c1-17(2)7-6-8-18(3)21-9-10-22-20-16-25(29)24-15-19(28)11-13-27(24,5)23(20)12-14-26(21,22)4/h12,16-19,21-22,24-25,28-29H,6-11,13-15H2,1-5H3/t18-,19+,21-,22+,24?,25+,26-,27-/m1/s1. The highest BCUT2D eigenvalue weighted by molar-refractivity contribution is 5.47. The molecule has 2 fully saturated rings. The summed E-state index contributed by atoms with van der Waals surface area (Å²) in [5.74, 6) is 3.19. The van der Waals surface area contributed by atoms with Crippen molar-refractivity contribution in [2.45, 2.75) is 105 Å². The molecule has 1 unspecified atom stereocenters. The molecular formula is C27H44O2. The summed E-state index contributed by atoms with van der Waals surface area (Å²) in [5.41, 5.74) is 3.42. The first-order chi connectivity index (χ1) is 13.7. The van der Waals surface area contributed by atoms with Crippen molar-refractivity contribution in [1.29, 1.82) is 0 Å². The molecule has 0 aromatic rings. The largest absolute Gasteiger partial charge is 0.393 e. The summed E-state index contributed by atoms with van der Waals surface area (Å²) in [7, 11) is 0. The van der Waals surface area contributed by atoms with Crippen LogP contribution in [-0.4, -0.2) is 22.4 Å². The summed E-state index contributed by atoms with van der Waals surface area (Å²) in [5, 5.41) is 21.3. The van der Waals surface area contributed by atoms with Crippen molar-refractivity contribution in [1.82, 2.24) is 0 Å². The molecule has 0 saturated heterocycles. The lowest BCUT2D eigenvalue weighted by Gasteiger charge is -2.54. The molecule has 0 heterocycles. The van der Waals surface area contributed by atoms with Gasteiger partial charge in [-0.25, -0.2) is 0 Å². The molecule has 0 aromatic carbocycles. The number of aliphatic hydroxyl groups excluding tert-OH is 2. The molecule has 29 heavy (non-hydrogen) atoms. The molecule has 4 rings (SSSR count). The van der Waals surface area contributed by atoms with E-state index >= 15 is 0 Å². The van der Waals surface area contributed by atoms with Crippen LogP contribution in [0.3, 0.4) is 0 Å². The van der Waals surface area contributed by atoms with Crippen LogP contribution in [0.1, 0.15) is 92.4 Å². The van der Waals surface area contributed by atoms with Crippen LogP contribution in [0.15, 0.2) is 23.3 Å². The minimum atomic E-state index is -0.396. The van der Waals surface area contributed by atoms with E-state index in [1.165, 1.54) is 49.7 Å². The smallest absolute Gasteiger partial charge is 0.0764 e. The minimum absolute atomic E-state index is 0.0467. The predicted molar refractivity (Wildman–Crippen MR) is 120 cm³/mol. The molecule has 2 N–H and O–H groups in total. The molecule has 0 radical (unpaired) electrons. The van der Waals surface area contributed by atoms with Crippen molar-refractivity contribution in [2.75, 3.05) is 0 Å². The van der Waals surface area contributed by atoms with Crippen molar-refractivity contribution in [3.8, 4) is 0 Å². The normalized spacial score (nSPS) is 45.2. The molecule has 164 valence electrons. The lowest BCUT2D eigenvalue weighted by molar-refractivity contribution is -0.0235. The van der Waals surface area contributed by atoms with Crippen LogP contribution < -0.4 is 0 Å². The van der Waals surface area contributed by atoms with Gasteiger partial charge in [-0.3, -0.25) is 0 Å². The van der Waals surface area contributed by atoms with E-state index in [0.717, 1.165) is 37.0 Å². The number of aliphatic hydroxyl groups is 2. The highest BCUT2D eigenvalue weighted by atomic mass is 16.3. The molecule has 0 bridgehead atoms. The Kier molecular flexibility index (Phi) is 5.84. The highest BCUT2D eigenvalue weighted by Gasteiger charge is 2.56. The van der Waals surface area contributed by atoms with E-state index in [1.54, 1.807) is 0 Å². The Morgan fingerprint density at radius 3 is 2.55 bits per heavy atom. The summed E-state index contributed by atoms with van der Waals surface area (Å²) in [6, 6.07) is 0. The molecule has 0 aliphatic heterocycles. The lowest BCUT2D eigenvalue weighted by Crippen LogP contribution is -2.49.